The molecule has 0 aromatic heterocycles. The molecule has 0 saturated heterocycles. The van der Waals surface area contributed by atoms with Gasteiger partial charge >= 0.3 is 0 Å². The van der Waals surface area contributed by atoms with E-state index in [0.29, 0.717) is 0 Å². The largest absolute Gasteiger partial charge is 0.507 e. The smallest absolute Gasteiger partial charge is 0.165 e. The van der Waals surface area contributed by atoms with Crippen molar-refractivity contribution in [3.05, 3.63) is 29.2 Å². The van der Waals surface area contributed by atoms with E-state index >= 15 is 0 Å². The van der Waals surface area contributed by atoms with Gasteiger partial charge < -0.3 is 15.3 Å². The van der Waals surface area contributed by atoms with Crippen LogP contribution < -0.4 is 0 Å². The second-order valence-electron chi connectivity index (χ2n) is 3.05. The zero-order chi connectivity index (χ0) is 11.0. The van der Waals surface area contributed by atoms with Crippen LogP contribution in [0, 0.1) is 4.91 Å². The molecule has 2 rings (SSSR count). The first-order chi connectivity index (χ1) is 7.15. The fourth-order valence-corrected chi connectivity index (χ4v) is 1.49. The summed E-state index contributed by atoms with van der Waals surface area (Å²) in [5.74, 6) is -0.992. The van der Waals surface area contributed by atoms with E-state index in [-0.39, 0.29) is 28.0 Å². The molecule has 0 amide bonds. The van der Waals surface area contributed by atoms with Gasteiger partial charge in [0, 0.05) is 11.5 Å². The van der Waals surface area contributed by atoms with Gasteiger partial charge in [-0.3, -0.25) is 0 Å². The number of rotatable bonds is 1. The minimum absolute atomic E-state index is 0.113. The molecule has 0 saturated carbocycles. The second kappa shape index (κ2) is 3.13. The van der Waals surface area contributed by atoms with Gasteiger partial charge in [0.25, 0.3) is 0 Å². The van der Waals surface area contributed by atoms with Crippen molar-refractivity contribution in [2.75, 3.05) is 0 Å². The van der Waals surface area contributed by atoms with Crippen LogP contribution in [0.4, 0.5) is 5.69 Å². The highest BCUT2D eigenvalue weighted by atomic mass is 16.3. The van der Waals surface area contributed by atoms with Gasteiger partial charge in [0.05, 0.1) is 5.39 Å². The number of aromatic hydroxyl groups is 3. The van der Waals surface area contributed by atoms with Gasteiger partial charge in [0.15, 0.2) is 11.5 Å². The molecular weight excluding hydrogens is 198 g/mol. The van der Waals surface area contributed by atoms with Crippen molar-refractivity contribution in [3.63, 3.8) is 0 Å². The van der Waals surface area contributed by atoms with Gasteiger partial charge in [-0.25, -0.2) is 0 Å². The van der Waals surface area contributed by atoms with Crippen molar-refractivity contribution >= 4 is 16.5 Å². The Morgan fingerprint density at radius 1 is 1.07 bits per heavy atom. The monoisotopic (exact) mass is 205 g/mol. The number of fused-ring (bicyclic) bond motifs is 1. The molecule has 0 heterocycles. The summed E-state index contributed by atoms with van der Waals surface area (Å²) in [6, 6.07) is 5.34. The van der Waals surface area contributed by atoms with Crippen molar-refractivity contribution in [3.8, 4) is 17.2 Å². The summed E-state index contributed by atoms with van der Waals surface area (Å²) in [6.45, 7) is 0. The fourth-order valence-electron chi connectivity index (χ4n) is 1.49. The molecule has 0 unspecified atom stereocenters. The summed E-state index contributed by atoms with van der Waals surface area (Å²) in [7, 11) is 0. The molecule has 5 heteroatoms. The fraction of sp³-hybridized carbons (Fsp3) is 0. The van der Waals surface area contributed by atoms with Crippen LogP contribution >= 0.6 is 0 Å². The summed E-state index contributed by atoms with van der Waals surface area (Å²) < 4.78 is 0. The SMILES string of the molecule is O=Nc1cc(O)c(O)c2cccc(O)c12. The van der Waals surface area contributed by atoms with Crippen LogP contribution in [0.3, 0.4) is 0 Å². The van der Waals surface area contributed by atoms with Crippen LogP contribution in [0.15, 0.2) is 29.4 Å². The Kier molecular flexibility index (Phi) is 1.93. The molecule has 0 aliphatic carbocycles. The summed E-state index contributed by atoms with van der Waals surface area (Å²) in [4.78, 5) is 10.5. The maximum Gasteiger partial charge on any atom is 0.165 e. The van der Waals surface area contributed by atoms with E-state index in [0.717, 1.165) is 6.07 Å². The first-order valence-corrected chi connectivity index (χ1v) is 4.15. The number of hydrogen-bond acceptors (Lipinski definition) is 5. The highest BCUT2D eigenvalue weighted by Gasteiger charge is 2.13. The molecule has 0 spiro atoms. The molecule has 76 valence electrons. The lowest BCUT2D eigenvalue weighted by atomic mass is 10.1. The third-order valence-corrected chi connectivity index (χ3v) is 2.17. The lowest BCUT2D eigenvalue weighted by Gasteiger charge is -2.06. The minimum Gasteiger partial charge on any atom is -0.507 e. The minimum atomic E-state index is -0.442. The molecule has 0 radical (unpaired) electrons. The Morgan fingerprint density at radius 3 is 2.47 bits per heavy atom. The summed E-state index contributed by atoms with van der Waals surface area (Å²) in [6.07, 6.45) is 0. The van der Waals surface area contributed by atoms with Crippen LogP contribution in [0.2, 0.25) is 0 Å². The predicted octanol–water partition coefficient (Wildman–Crippen LogP) is 2.35. The van der Waals surface area contributed by atoms with Crippen molar-refractivity contribution in [1.82, 2.24) is 0 Å². The number of benzene rings is 2. The number of nitrogens with zero attached hydrogens (tertiary/aromatic N) is 1. The Bertz CT molecular complexity index is 551. The lowest BCUT2D eigenvalue weighted by Crippen LogP contribution is -1.78. The quantitative estimate of drug-likeness (QED) is 0.492. The standard InChI is InChI=1S/C10H7NO4/c12-7-3-1-2-5-9(7)6(11-15)4-8(13)10(5)14/h1-4,12-14H. The Labute approximate surface area is 84.2 Å². The van der Waals surface area contributed by atoms with E-state index in [1.165, 1.54) is 18.2 Å². The summed E-state index contributed by atoms with van der Waals surface area (Å²) in [5.41, 5.74) is -0.113. The molecule has 15 heavy (non-hydrogen) atoms. The predicted molar refractivity (Wildman–Crippen MR) is 54.4 cm³/mol. The van der Waals surface area contributed by atoms with Crippen molar-refractivity contribution in [2.24, 2.45) is 5.18 Å². The molecule has 0 aliphatic heterocycles. The highest BCUT2D eigenvalue weighted by molar-refractivity contribution is 6.02. The van der Waals surface area contributed by atoms with E-state index in [1.54, 1.807) is 0 Å². The normalized spacial score (nSPS) is 10.4. The third kappa shape index (κ3) is 1.25. The Hall–Kier alpha value is -2.30. The van der Waals surface area contributed by atoms with Gasteiger partial charge in [0.1, 0.15) is 11.4 Å². The molecule has 5 nitrogen and oxygen atoms in total. The van der Waals surface area contributed by atoms with Crippen molar-refractivity contribution in [1.29, 1.82) is 0 Å². The van der Waals surface area contributed by atoms with Crippen LogP contribution in [-0.2, 0) is 0 Å². The van der Waals surface area contributed by atoms with Gasteiger partial charge in [-0.2, -0.15) is 0 Å². The second-order valence-corrected chi connectivity index (χ2v) is 3.05. The van der Waals surface area contributed by atoms with Crippen molar-refractivity contribution in [2.45, 2.75) is 0 Å². The maximum atomic E-state index is 10.5. The van der Waals surface area contributed by atoms with Gasteiger partial charge in [-0.1, -0.05) is 12.1 Å². The van der Waals surface area contributed by atoms with Crippen LogP contribution in [0.5, 0.6) is 17.2 Å². The maximum absolute atomic E-state index is 10.5. The zero-order valence-electron chi connectivity index (χ0n) is 7.51. The first kappa shape index (κ1) is 9.26. The van der Waals surface area contributed by atoms with Crippen LogP contribution in [0.25, 0.3) is 10.8 Å². The summed E-state index contributed by atoms with van der Waals surface area (Å²) in [5, 5.41) is 31.3. The van der Waals surface area contributed by atoms with E-state index in [4.69, 9.17) is 0 Å². The molecule has 0 atom stereocenters. The average molecular weight is 205 g/mol. The molecule has 0 fully saturated rings. The zero-order valence-corrected chi connectivity index (χ0v) is 7.51. The third-order valence-electron chi connectivity index (χ3n) is 2.17. The highest BCUT2D eigenvalue weighted by Crippen LogP contribution is 2.43. The van der Waals surface area contributed by atoms with Gasteiger partial charge in [-0.15, -0.1) is 4.91 Å². The lowest BCUT2D eigenvalue weighted by molar-refractivity contribution is 0.408. The Morgan fingerprint density at radius 2 is 1.80 bits per heavy atom. The number of nitroso groups, excluding NO2 is 1. The van der Waals surface area contributed by atoms with Crippen LogP contribution in [-0.4, -0.2) is 15.3 Å². The molecule has 2 aromatic carbocycles. The molecule has 2 aromatic rings. The molecule has 0 bridgehead atoms. The first-order valence-electron chi connectivity index (χ1n) is 4.15. The Balaban J connectivity index is 3.03. The molecule has 0 aliphatic rings. The number of hydrogen-bond donors (Lipinski definition) is 3. The van der Waals surface area contributed by atoms with Crippen LogP contribution in [0.1, 0.15) is 0 Å². The molecule has 3 N–H and O–H groups in total. The number of phenolic OH excluding ortho intramolecular Hbond substituents is 3. The summed E-state index contributed by atoms with van der Waals surface area (Å²) >= 11 is 0. The van der Waals surface area contributed by atoms with Gasteiger partial charge in [0.2, 0.25) is 0 Å². The average Bonchev–Trinajstić information content (AvgIpc) is 2.23. The molecular formula is C10H7NO4. The van der Waals surface area contributed by atoms with E-state index < -0.39 is 5.75 Å². The van der Waals surface area contributed by atoms with E-state index in [9.17, 15) is 20.2 Å². The van der Waals surface area contributed by atoms with Crippen molar-refractivity contribution < 1.29 is 15.3 Å². The van der Waals surface area contributed by atoms with E-state index in [1.807, 2.05) is 0 Å². The number of phenols is 3. The van der Waals surface area contributed by atoms with Gasteiger partial charge in [-0.05, 0) is 11.2 Å². The topological polar surface area (TPSA) is 90.1 Å². The van der Waals surface area contributed by atoms with E-state index in [2.05, 4.69) is 5.18 Å².